The number of morpholine rings is 1. The normalized spacial score (nSPS) is 20.8. The summed E-state index contributed by atoms with van der Waals surface area (Å²) in [5.74, 6) is 1.72. The SMILES string of the molecule is COc1cc(OC)cc(C(=O)N2CCN(C(C(=O)NCCCN3CCOCC3)C3CCCC3)CC2)c1. The van der Waals surface area contributed by atoms with Gasteiger partial charge in [0.15, 0.2) is 0 Å². The number of nitrogens with one attached hydrogen (secondary N) is 1. The predicted molar refractivity (Wildman–Crippen MR) is 138 cm³/mol. The number of rotatable bonds is 10. The van der Waals surface area contributed by atoms with Crippen LogP contribution in [0.5, 0.6) is 11.5 Å². The van der Waals surface area contributed by atoms with Gasteiger partial charge in [-0.15, -0.1) is 0 Å². The summed E-state index contributed by atoms with van der Waals surface area (Å²) in [6.45, 7) is 7.87. The molecule has 1 aliphatic carbocycles. The van der Waals surface area contributed by atoms with Crippen LogP contribution in [-0.2, 0) is 9.53 Å². The van der Waals surface area contributed by atoms with E-state index in [0.29, 0.717) is 55.7 Å². The molecule has 1 saturated carbocycles. The Balaban J connectivity index is 1.31. The second-order valence-electron chi connectivity index (χ2n) is 10.0. The van der Waals surface area contributed by atoms with E-state index in [0.717, 1.165) is 52.1 Å². The van der Waals surface area contributed by atoms with Crippen molar-refractivity contribution in [2.24, 2.45) is 5.92 Å². The van der Waals surface area contributed by atoms with E-state index in [-0.39, 0.29) is 17.9 Å². The molecule has 0 spiro atoms. The highest BCUT2D eigenvalue weighted by Gasteiger charge is 2.37. The number of carbonyl (C=O) groups is 2. The first-order chi connectivity index (χ1) is 17.6. The quantitative estimate of drug-likeness (QED) is 0.489. The second-order valence-corrected chi connectivity index (χ2v) is 10.0. The first-order valence-electron chi connectivity index (χ1n) is 13.4. The van der Waals surface area contributed by atoms with E-state index in [2.05, 4.69) is 15.1 Å². The Hall–Kier alpha value is -2.36. The third-order valence-electron chi connectivity index (χ3n) is 7.76. The maximum Gasteiger partial charge on any atom is 0.254 e. The van der Waals surface area contributed by atoms with Gasteiger partial charge in [0.2, 0.25) is 5.91 Å². The molecule has 2 amide bonds. The standard InChI is InChI=1S/C27H42N4O5/c1-34-23-18-22(19-24(20-23)35-2)27(33)31-12-10-30(11-13-31)25(21-6-3-4-7-21)26(32)28-8-5-9-29-14-16-36-17-15-29/h18-21,25H,3-17H2,1-2H3,(H,28,32). The summed E-state index contributed by atoms with van der Waals surface area (Å²) in [7, 11) is 3.16. The molecule has 2 saturated heterocycles. The van der Waals surface area contributed by atoms with Crippen LogP contribution in [-0.4, -0.2) is 112 Å². The smallest absolute Gasteiger partial charge is 0.254 e. The average molecular weight is 503 g/mol. The second kappa shape index (κ2) is 13.3. The monoisotopic (exact) mass is 502 g/mol. The van der Waals surface area contributed by atoms with Gasteiger partial charge in [-0.2, -0.15) is 0 Å². The molecule has 0 radical (unpaired) electrons. The average Bonchev–Trinajstić information content (AvgIpc) is 3.46. The summed E-state index contributed by atoms with van der Waals surface area (Å²) in [5, 5.41) is 3.23. The third-order valence-corrected chi connectivity index (χ3v) is 7.76. The van der Waals surface area contributed by atoms with Crippen LogP contribution in [0.1, 0.15) is 42.5 Å². The maximum absolute atomic E-state index is 13.4. The van der Waals surface area contributed by atoms with Crippen LogP contribution in [0.2, 0.25) is 0 Å². The van der Waals surface area contributed by atoms with Crippen molar-refractivity contribution in [3.8, 4) is 11.5 Å². The fourth-order valence-electron chi connectivity index (χ4n) is 5.71. The fourth-order valence-corrected chi connectivity index (χ4v) is 5.71. The van der Waals surface area contributed by atoms with Crippen molar-refractivity contribution in [3.05, 3.63) is 23.8 Å². The number of nitrogens with zero attached hydrogens (tertiary/aromatic N) is 3. The number of piperazine rings is 1. The Morgan fingerprint density at radius 3 is 2.22 bits per heavy atom. The first-order valence-corrected chi connectivity index (χ1v) is 13.4. The molecule has 200 valence electrons. The maximum atomic E-state index is 13.4. The van der Waals surface area contributed by atoms with Crippen molar-refractivity contribution in [2.45, 2.75) is 38.1 Å². The highest BCUT2D eigenvalue weighted by Crippen LogP contribution is 2.31. The summed E-state index contributed by atoms with van der Waals surface area (Å²) in [5.41, 5.74) is 0.560. The number of hydrogen-bond acceptors (Lipinski definition) is 7. The van der Waals surface area contributed by atoms with Gasteiger partial charge in [0.1, 0.15) is 11.5 Å². The summed E-state index contributed by atoms with van der Waals surface area (Å²) >= 11 is 0. The van der Waals surface area contributed by atoms with Gasteiger partial charge in [-0.05, 0) is 43.9 Å². The van der Waals surface area contributed by atoms with Crippen LogP contribution in [0.25, 0.3) is 0 Å². The minimum absolute atomic E-state index is 0.0307. The van der Waals surface area contributed by atoms with E-state index in [9.17, 15) is 9.59 Å². The van der Waals surface area contributed by atoms with Crippen molar-refractivity contribution in [1.82, 2.24) is 20.0 Å². The molecule has 4 rings (SSSR count). The zero-order valence-electron chi connectivity index (χ0n) is 21.9. The molecule has 36 heavy (non-hydrogen) atoms. The van der Waals surface area contributed by atoms with E-state index >= 15 is 0 Å². The molecule has 9 nitrogen and oxygen atoms in total. The Morgan fingerprint density at radius 1 is 0.972 bits per heavy atom. The molecule has 2 heterocycles. The largest absolute Gasteiger partial charge is 0.497 e. The molecule has 1 unspecified atom stereocenters. The molecule has 1 aromatic carbocycles. The van der Waals surface area contributed by atoms with Crippen LogP contribution in [0, 0.1) is 5.92 Å². The van der Waals surface area contributed by atoms with Gasteiger partial charge >= 0.3 is 0 Å². The van der Waals surface area contributed by atoms with E-state index in [1.807, 2.05) is 4.90 Å². The first kappa shape index (κ1) is 26.7. The van der Waals surface area contributed by atoms with Gasteiger partial charge in [0, 0.05) is 57.4 Å². The van der Waals surface area contributed by atoms with Crippen LogP contribution in [0.15, 0.2) is 18.2 Å². The van der Waals surface area contributed by atoms with E-state index in [4.69, 9.17) is 14.2 Å². The Labute approximate surface area is 215 Å². The number of carbonyl (C=O) groups excluding carboxylic acids is 2. The summed E-state index contributed by atoms with van der Waals surface area (Å²) in [6, 6.07) is 5.16. The van der Waals surface area contributed by atoms with Crippen molar-refractivity contribution < 1.29 is 23.8 Å². The highest BCUT2D eigenvalue weighted by atomic mass is 16.5. The minimum atomic E-state index is -0.106. The lowest BCUT2D eigenvalue weighted by Gasteiger charge is -2.40. The zero-order chi connectivity index (χ0) is 25.3. The zero-order valence-corrected chi connectivity index (χ0v) is 21.9. The highest BCUT2D eigenvalue weighted by molar-refractivity contribution is 5.95. The number of hydrogen-bond donors (Lipinski definition) is 1. The molecule has 3 aliphatic rings. The van der Waals surface area contributed by atoms with Crippen LogP contribution in [0.4, 0.5) is 0 Å². The summed E-state index contributed by atoms with van der Waals surface area (Å²) < 4.78 is 16.1. The van der Waals surface area contributed by atoms with Crippen LogP contribution >= 0.6 is 0 Å². The molecule has 1 N–H and O–H groups in total. The van der Waals surface area contributed by atoms with Crippen LogP contribution < -0.4 is 14.8 Å². The molecular formula is C27H42N4O5. The topological polar surface area (TPSA) is 83.6 Å². The van der Waals surface area contributed by atoms with Gasteiger partial charge in [0.25, 0.3) is 5.91 Å². The van der Waals surface area contributed by atoms with E-state index in [1.165, 1.54) is 12.8 Å². The van der Waals surface area contributed by atoms with E-state index in [1.54, 1.807) is 32.4 Å². The predicted octanol–water partition coefficient (Wildman–Crippen LogP) is 1.86. The molecule has 9 heteroatoms. The lowest BCUT2D eigenvalue weighted by molar-refractivity contribution is -0.129. The summed E-state index contributed by atoms with van der Waals surface area (Å²) in [4.78, 5) is 33.2. The molecule has 2 aliphatic heterocycles. The van der Waals surface area contributed by atoms with Gasteiger partial charge in [0.05, 0.1) is 33.5 Å². The fraction of sp³-hybridized carbons (Fsp3) is 0.704. The number of ether oxygens (including phenoxy) is 3. The molecule has 0 aromatic heterocycles. The Morgan fingerprint density at radius 2 is 1.61 bits per heavy atom. The number of benzene rings is 1. The third kappa shape index (κ3) is 6.89. The van der Waals surface area contributed by atoms with Gasteiger partial charge in [-0.1, -0.05) is 12.8 Å². The Kier molecular flexibility index (Phi) is 9.83. The number of amides is 2. The van der Waals surface area contributed by atoms with Crippen molar-refractivity contribution in [1.29, 1.82) is 0 Å². The molecule has 0 bridgehead atoms. The molecule has 3 fully saturated rings. The lowest BCUT2D eigenvalue weighted by atomic mass is 9.95. The molecule has 1 aromatic rings. The van der Waals surface area contributed by atoms with Crippen molar-refractivity contribution in [3.63, 3.8) is 0 Å². The molecule has 1 atom stereocenters. The summed E-state index contributed by atoms with van der Waals surface area (Å²) in [6.07, 6.45) is 5.56. The van der Waals surface area contributed by atoms with Gasteiger partial charge in [-0.25, -0.2) is 0 Å². The molecular weight excluding hydrogens is 460 g/mol. The van der Waals surface area contributed by atoms with Gasteiger partial charge in [-0.3, -0.25) is 19.4 Å². The van der Waals surface area contributed by atoms with Crippen molar-refractivity contribution in [2.75, 3.05) is 79.8 Å². The number of methoxy groups -OCH3 is 2. The lowest BCUT2D eigenvalue weighted by Crippen LogP contribution is -2.58. The minimum Gasteiger partial charge on any atom is -0.497 e. The van der Waals surface area contributed by atoms with Gasteiger partial charge < -0.3 is 24.4 Å². The van der Waals surface area contributed by atoms with Crippen LogP contribution in [0.3, 0.4) is 0 Å². The van der Waals surface area contributed by atoms with Crippen molar-refractivity contribution >= 4 is 11.8 Å². The Bertz CT molecular complexity index is 839. The van der Waals surface area contributed by atoms with E-state index < -0.39 is 0 Å².